The molecule has 5 nitrogen and oxygen atoms in total. The molecule has 3 N–H and O–H groups in total. The predicted octanol–water partition coefficient (Wildman–Crippen LogP) is 2.17. The standard InChI is InChI=1S/C13H16BrN3O2S/c1-8-9(14)2-3-10(16-8)17-12(18)13(11(15)20)4-6-19-7-5-13/h2-3H,4-7H2,1H3,(H2,15,20)(H,16,17,18). The van der Waals surface area contributed by atoms with Crippen LogP contribution in [0.5, 0.6) is 0 Å². The van der Waals surface area contributed by atoms with Crippen molar-refractivity contribution in [2.24, 2.45) is 11.1 Å². The molecule has 1 aromatic heterocycles. The number of hydrogen-bond acceptors (Lipinski definition) is 4. The summed E-state index contributed by atoms with van der Waals surface area (Å²) in [5, 5.41) is 2.81. The van der Waals surface area contributed by atoms with E-state index < -0.39 is 5.41 Å². The first kappa shape index (κ1) is 15.3. The van der Waals surface area contributed by atoms with Crippen LogP contribution in [0.4, 0.5) is 5.82 Å². The van der Waals surface area contributed by atoms with Crippen molar-refractivity contribution in [1.29, 1.82) is 0 Å². The lowest BCUT2D eigenvalue weighted by Crippen LogP contribution is -2.49. The molecule has 0 bridgehead atoms. The van der Waals surface area contributed by atoms with Gasteiger partial charge < -0.3 is 15.8 Å². The van der Waals surface area contributed by atoms with Crippen LogP contribution in [0.2, 0.25) is 0 Å². The lowest BCUT2D eigenvalue weighted by Gasteiger charge is -2.34. The third-order valence-electron chi connectivity index (χ3n) is 3.52. The van der Waals surface area contributed by atoms with Gasteiger partial charge in [0.2, 0.25) is 5.91 Å². The van der Waals surface area contributed by atoms with Gasteiger partial charge in [-0.2, -0.15) is 0 Å². The van der Waals surface area contributed by atoms with Gasteiger partial charge in [-0.25, -0.2) is 4.98 Å². The number of aryl methyl sites for hydroxylation is 1. The Morgan fingerprint density at radius 2 is 2.15 bits per heavy atom. The van der Waals surface area contributed by atoms with Crippen molar-refractivity contribution < 1.29 is 9.53 Å². The fourth-order valence-corrected chi connectivity index (χ4v) is 2.67. The molecule has 20 heavy (non-hydrogen) atoms. The molecule has 0 unspecified atom stereocenters. The highest BCUT2D eigenvalue weighted by Crippen LogP contribution is 2.32. The minimum atomic E-state index is -0.837. The Morgan fingerprint density at radius 1 is 1.50 bits per heavy atom. The number of thiocarbonyl (C=S) groups is 1. The van der Waals surface area contributed by atoms with Crippen LogP contribution in [0.25, 0.3) is 0 Å². The van der Waals surface area contributed by atoms with Crippen LogP contribution < -0.4 is 11.1 Å². The molecule has 0 spiro atoms. The highest BCUT2D eigenvalue weighted by atomic mass is 79.9. The smallest absolute Gasteiger partial charge is 0.238 e. The van der Waals surface area contributed by atoms with Crippen LogP contribution in [0.1, 0.15) is 18.5 Å². The zero-order valence-electron chi connectivity index (χ0n) is 11.1. The first-order valence-electron chi connectivity index (χ1n) is 6.28. The van der Waals surface area contributed by atoms with Crippen LogP contribution in [0.3, 0.4) is 0 Å². The molecule has 0 aromatic carbocycles. The van der Waals surface area contributed by atoms with Crippen molar-refractivity contribution in [2.75, 3.05) is 18.5 Å². The van der Waals surface area contributed by atoms with E-state index >= 15 is 0 Å². The van der Waals surface area contributed by atoms with Gasteiger partial charge in [-0.05, 0) is 47.8 Å². The first-order valence-corrected chi connectivity index (χ1v) is 7.48. The summed E-state index contributed by atoms with van der Waals surface area (Å²) in [7, 11) is 0. The number of nitrogens with zero attached hydrogens (tertiary/aromatic N) is 1. The van der Waals surface area contributed by atoms with Gasteiger partial charge >= 0.3 is 0 Å². The fraction of sp³-hybridized carbons (Fsp3) is 0.462. The molecule has 1 amide bonds. The average Bonchev–Trinajstić information content (AvgIpc) is 2.43. The van der Waals surface area contributed by atoms with E-state index in [1.165, 1.54) is 0 Å². The number of hydrogen-bond donors (Lipinski definition) is 2. The van der Waals surface area contributed by atoms with E-state index in [1.54, 1.807) is 6.07 Å². The molecule has 108 valence electrons. The maximum Gasteiger partial charge on any atom is 0.238 e. The normalized spacial score (nSPS) is 17.5. The minimum absolute atomic E-state index is 0.206. The molecule has 1 aliphatic rings. The molecule has 0 radical (unpaired) electrons. The molecule has 1 fully saturated rings. The Kier molecular flexibility index (Phi) is 4.72. The number of carbonyl (C=O) groups excluding carboxylic acids is 1. The number of ether oxygens (including phenoxy) is 1. The first-order chi connectivity index (χ1) is 9.45. The number of pyridine rings is 1. The number of nitrogens with two attached hydrogens (primary N) is 1. The number of aromatic nitrogens is 1. The summed E-state index contributed by atoms with van der Waals surface area (Å²) in [6, 6.07) is 3.58. The largest absolute Gasteiger partial charge is 0.392 e. The lowest BCUT2D eigenvalue weighted by molar-refractivity contribution is -0.126. The predicted molar refractivity (Wildman–Crippen MR) is 84.6 cm³/mol. The summed E-state index contributed by atoms with van der Waals surface area (Å²) in [4.78, 5) is 17.1. The zero-order valence-corrected chi connectivity index (χ0v) is 13.5. The summed E-state index contributed by atoms with van der Waals surface area (Å²) in [6.45, 7) is 2.83. The van der Waals surface area contributed by atoms with Crippen LogP contribution >= 0.6 is 28.1 Å². The van der Waals surface area contributed by atoms with Gasteiger partial charge in [0, 0.05) is 17.7 Å². The van der Waals surface area contributed by atoms with Gasteiger partial charge in [-0.3, -0.25) is 4.79 Å². The maximum atomic E-state index is 12.5. The second-order valence-corrected chi connectivity index (χ2v) is 6.07. The SMILES string of the molecule is Cc1nc(NC(=O)C2(C(N)=S)CCOCC2)ccc1Br. The third-order valence-corrected chi connectivity index (χ3v) is 4.74. The van der Waals surface area contributed by atoms with Crippen molar-refractivity contribution in [3.8, 4) is 0 Å². The number of anilines is 1. The topological polar surface area (TPSA) is 77.2 Å². The van der Waals surface area contributed by atoms with Gasteiger partial charge in [-0.1, -0.05) is 12.2 Å². The Hall–Kier alpha value is -1.05. The fourth-order valence-electron chi connectivity index (χ4n) is 2.15. The molecule has 0 aliphatic carbocycles. The van der Waals surface area contributed by atoms with Crippen LogP contribution in [0.15, 0.2) is 16.6 Å². The van der Waals surface area contributed by atoms with Crippen molar-refractivity contribution in [2.45, 2.75) is 19.8 Å². The molecular formula is C13H16BrN3O2S. The highest BCUT2D eigenvalue weighted by Gasteiger charge is 2.43. The van der Waals surface area contributed by atoms with Crippen LogP contribution in [-0.2, 0) is 9.53 Å². The second-order valence-electron chi connectivity index (χ2n) is 4.78. The monoisotopic (exact) mass is 357 g/mol. The zero-order chi connectivity index (χ0) is 14.8. The number of nitrogens with one attached hydrogen (secondary N) is 1. The number of rotatable bonds is 3. The van der Waals surface area contributed by atoms with Gasteiger partial charge in [0.15, 0.2) is 0 Å². The van der Waals surface area contributed by atoms with Gasteiger partial charge in [0.1, 0.15) is 11.2 Å². The van der Waals surface area contributed by atoms with Crippen molar-refractivity contribution >= 4 is 44.9 Å². The third kappa shape index (κ3) is 2.99. The number of amides is 1. The van der Waals surface area contributed by atoms with E-state index in [1.807, 2.05) is 13.0 Å². The maximum absolute atomic E-state index is 12.5. The van der Waals surface area contributed by atoms with E-state index in [4.69, 9.17) is 22.7 Å². The van der Waals surface area contributed by atoms with E-state index in [0.29, 0.717) is 31.9 Å². The van der Waals surface area contributed by atoms with E-state index in [2.05, 4.69) is 26.2 Å². The molecule has 1 saturated heterocycles. The molecule has 1 aliphatic heterocycles. The molecular weight excluding hydrogens is 342 g/mol. The lowest BCUT2D eigenvalue weighted by atomic mass is 9.79. The summed E-state index contributed by atoms with van der Waals surface area (Å²) in [6.07, 6.45) is 1.01. The van der Waals surface area contributed by atoms with Crippen LogP contribution in [-0.4, -0.2) is 29.1 Å². The summed E-state index contributed by atoms with van der Waals surface area (Å²) in [5.41, 5.74) is 5.77. The van der Waals surface area contributed by atoms with Gasteiger partial charge in [-0.15, -0.1) is 0 Å². The molecule has 2 heterocycles. The Bertz CT molecular complexity index is 544. The van der Waals surface area contributed by atoms with Crippen molar-refractivity contribution in [3.63, 3.8) is 0 Å². The highest BCUT2D eigenvalue weighted by molar-refractivity contribution is 9.10. The summed E-state index contributed by atoms with van der Waals surface area (Å²) >= 11 is 8.47. The summed E-state index contributed by atoms with van der Waals surface area (Å²) < 4.78 is 6.19. The van der Waals surface area contributed by atoms with E-state index in [0.717, 1.165) is 10.2 Å². The van der Waals surface area contributed by atoms with E-state index in [-0.39, 0.29) is 10.9 Å². The minimum Gasteiger partial charge on any atom is -0.392 e. The van der Waals surface area contributed by atoms with Gasteiger partial charge in [0.05, 0.1) is 10.7 Å². The second kappa shape index (κ2) is 6.15. The summed E-state index contributed by atoms with van der Waals surface area (Å²) in [5.74, 6) is 0.292. The molecule has 1 aromatic rings. The van der Waals surface area contributed by atoms with Crippen molar-refractivity contribution in [1.82, 2.24) is 4.98 Å². The quantitative estimate of drug-likeness (QED) is 0.810. The Morgan fingerprint density at radius 3 is 2.70 bits per heavy atom. The number of halogens is 1. The van der Waals surface area contributed by atoms with Gasteiger partial charge in [0.25, 0.3) is 0 Å². The Balaban J connectivity index is 2.20. The molecule has 7 heteroatoms. The Labute approximate surface area is 131 Å². The van der Waals surface area contributed by atoms with Crippen LogP contribution in [0, 0.1) is 12.3 Å². The molecule has 0 saturated carbocycles. The van der Waals surface area contributed by atoms with E-state index in [9.17, 15) is 4.79 Å². The molecule has 2 rings (SSSR count). The molecule has 0 atom stereocenters. The number of carbonyl (C=O) groups is 1. The van der Waals surface area contributed by atoms with Crippen molar-refractivity contribution in [3.05, 3.63) is 22.3 Å². The average molecular weight is 358 g/mol.